The Morgan fingerprint density at radius 3 is 2.44 bits per heavy atom. The maximum atomic E-state index is 4.29. The minimum atomic E-state index is 0.643. The molecule has 94 valence electrons. The Balaban J connectivity index is 1.97. The predicted octanol–water partition coefficient (Wildman–Crippen LogP) is 2.22. The Morgan fingerprint density at radius 2 is 1.78 bits per heavy atom. The zero-order valence-electron chi connectivity index (χ0n) is 10.6. The predicted molar refractivity (Wildman–Crippen MR) is 72.5 cm³/mol. The van der Waals surface area contributed by atoms with E-state index in [1.54, 1.807) is 24.8 Å². The van der Waals surface area contributed by atoms with Crippen molar-refractivity contribution in [2.45, 2.75) is 20.4 Å². The summed E-state index contributed by atoms with van der Waals surface area (Å²) in [6.07, 6.45) is 7.15. The molecule has 5 nitrogen and oxygen atoms in total. The fraction of sp³-hybridized carbons (Fsp3) is 0.308. The molecule has 0 spiro atoms. The lowest BCUT2D eigenvalue weighted by molar-refractivity contribution is 0.983. The second kappa shape index (κ2) is 5.95. The van der Waals surface area contributed by atoms with Gasteiger partial charge >= 0.3 is 0 Å². The minimum Gasteiger partial charge on any atom is -0.384 e. The number of pyridine rings is 1. The number of aromatic nitrogens is 3. The molecule has 0 aliphatic rings. The van der Waals surface area contributed by atoms with Crippen LogP contribution in [0.25, 0.3) is 0 Å². The van der Waals surface area contributed by atoms with Crippen molar-refractivity contribution >= 4 is 11.4 Å². The van der Waals surface area contributed by atoms with E-state index in [0.717, 1.165) is 29.3 Å². The molecule has 0 amide bonds. The van der Waals surface area contributed by atoms with Crippen LogP contribution in [0.5, 0.6) is 0 Å². The summed E-state index contributed by atoms with van der Waals surface area (Å²) in [7, 11) is 0. The molecule has 0 radical (unpaired) electrons. The fourth-order valence-corrected chi connectivity index (χ4v) is 1.54. The summed E-state index contributed by atoms with van der Waals surface area (Å²) in [5.74, 6) is 0. The van der Waals surface area contributed by atoms with Gasteiger partial charge in [0.05, 0.1) is 47.9 Å². The lowest BCUT2D eigenvalue weighted by Crippen LogP contribution is -2.04. The third-order valence-corrected chi connectivity index (χ3v) is 2.43. The van der Waals surface area contributed by atoms with Crippen molar-refractivity contribution in [2.75, 3.05) is 17.2 Å². The fourth-order valence-electron chi connectivity index (χ4n) is 1.54. The van der Waals surface area contributed by atoms with E-state index < -0.39 is 0 Å². The van der Waals surface area contributed by atoms with Gasteiger partial charge in [-0.3, -0.25) is 15.0 Å². The van der Waals surface area contributed by atoms with E-state index in [-0.39, 0.29) is 0 Å². The number of anilines is 2. The van der Waals surface area contributed by atoms with Crippen LogP contribution in [0.3, 0.4) is 0 Å². The Kier molecular flexibility index (Phi) is 4.06. The summed E-state index contributed by atoms with van der Waals surface area (Å²) >= 11 is 0. The number of rotatable bonds is 5. The lowest BCUT2D eigenvalue weighted by atomic mass is 10.3. The van der Waals surface area contributed by atoms with Crippen LogP contribution in [0, 0.1) is 6.92 Å². The maximum Gasteiger partial charge on any atom is 0.0777 e. The monoisotopic (exact) mass is 243 g/mol. The zero-order chi connectivity index (χ0) is 12.8. The molecule has 0 saturated carbocycles. The molecule has 2 rings (SSSR count). The molecular weight excluding hydrogens is 226 g/mol. The summed E-state index contributed by atoms with van der Waals surface area (Å²) < 4.78 is 0. The Bertz CT molecular complexity index is 495. The molecule has 2 N–H and O–H groups in total. The average molecular weight is 243 g/mol. The van der Waals surface area contributed by atoms with Crippen LogP contribution in [0.1, 0.15) is 18.3 Å². The van der Waals surface area contributed by atoms with Gasteiger partial charge in [0.15, 0.2) is 0 Å². The van der Waals surface area contributed by atoms with Gasteiger partial charge in [-0.05, 0) is 19.9 Å². The van der Waals surface area contributed by atoms with Crippen molar-refractivity contribution in [1.82, 2.24) is 15.0 Å². The molecule has 0 fully saturated rings. The highest BCUT2D eigenvalue weighted by molar-refractivity contribution is 5.53. The van der Waals surface area contributed by atoms with E-state index >= 15 is 0 Å². The number of hydrogen-bond donors (Lipinski definition) is 2. The topological polar surface area (TPSA) is 62.7 Å². The van der Waals surface area contributed by atoms with Gasteiger partial charge in [0.25, 0.3) is 0 Å². The molecule has 2 aromatic heterocycles. The van der Waals surface area contributed by atoms with Crippen LogP contribution in [-0.4, -0.2) is 21.5 Å². The smallest absolute Gasteiger partial charge is 0.0777 e. The first-order valence-electron chi connectivity index (χ1n) is 5.98. The van der Waals surface area contributed by atoms with Crippen LogP contribution in [0.15, 0.2) is 30.9 Å². The lowest BCUT2D eigenvalue weighted by Gasteiger charge is -2.08. The molecule has 0 saturated heterocycles. The van der Waals surface area contributed by atoms with Gasteiger partial charge in [-0.15, -0.1) is 0 Å². The molecule has 0 unspecified atom stereocenters. The number of aryl methyl sites for hydroxylation is 1. The standard InChI is InChI=1S/C13H17N5/c1-3-15-11-4-12(7-14-6-11)18-9-13-8-16-10(2)5-17-13/h4-8,15,18H,3,9H2,1-2H3. The SMILES string of the molecule is CCNc1cncc(NCc2cnc(C)cn2)c1. The van der Waals surface area contributed by atoms with Crippen molar-refractivity contribution in [3.8, 4) is 0 Å². The summed E-state index contributed by atoms with van der Waals surface area (Å²) in [4.78, 5) is 12.7. The Hall–Kier alpha value is -2.17. The molecule has 18 heavy (non-hydrogen) atoms. The summed E-state index contributed by atoms with van der Waals surface area (Å²) in [5.41, 5.74) is 3.82. The molecule has 0 bridgehead atoms. The van der Waals surface area contributed by atoms with E-state index in [4.69, 9.17) is 0 Å². The minimum absolute atomic E-state index is 0.643. The van der Waals surface area contributed by atoms with E-state index in [1.807, 2.05) is 13.0 Å². The van der Waals surface area contributed by atoms with Gasteiger partial charge in [0.2, 0.25) is 0 Å². The quantitative estimate of drug-likeness (QED) is 0.843. The first-order valence-corrected chi connectivity index (χ1v) is 5.98. The Morgan fingerprint density at radius 1 is 1.00 bits per heavy atom. The number of hydrogen-bond acceptors (Lipinski definition) is 5. The molecule has 0 aliphatic heterocycles. The van der Waals surface area contributed by atoms with E-state index in [0.29, 0.717) is 6.54 Å². The molecule has 2 aromatic rings. The van der Waals surface area contributed by atoms with Crippen molar-refractivity contribution in [3.05, 3.63) is 42.2 Å². The van der Waals surface area contributed by atoms with Crippen molar-refractivity contribution < 1.29 is 0 Å². The van der Waals surface area contributed by atoms with Crippen molar-refractivity contribution in [2.24, 2.45) is 0 Å². The molecule has 2 heterocycles. The van der Waals surface area contributed by atoms with Gasteiger partial charge in [-0.25, -0.2) is 0 Å². The second-order valence-electron chi connectivity index (χ2n) is 4.00. The highest BCUT2D eigenvalue weighted by Crippen LogP contribution is 2.13. The zero-order valence-corrected chi connectivity index (χ0v) is 10.6. The van der Waals surface area contributed by atoms with Crippen LogP contribution in [-0.2, 0) is 6.54 Å². The molecule has 0 aliphatic carbocycles. The van der Waals surface area contributed by atoms with Crippen LogP contribution < -0.4 is 10.6 Å². The second-order valence-corrected chi connectivity index (χ2v) is 4.00. The number of nitrogens with one attached hydrogen (secondary N) is 2. The first-order chi connectivity index (χ1) is 8.78. The average Bonchev–Trinajstić information content (AvgIpc) is 2.39. The van der Waals surface area contributed by atoms with Crippen LogP contribution in [0.4, 0.5) is 11.4 Å². The third kappa shape index (κ3) is 3.41. The molecular formula is C13H17N5. The summed E-state index contributed by atoms with van der Waals surface area (Å²) in [5, 5.41) is 6.50. The third-order valence-electron chi connectivity index (χ3n) is 2.43. The van der Waals surface area contributed by atoms with Crippen molar-refractivity contribution in [1.29, 1.82) is 0 Å². The van der Waals surface area contributed by atoms with E-state index in [9.17, 15) is 0 Å². The summed E-state index contributed by atoms with van der Waals surface area (Å²) in [6.45, 7) is 5.51. The largest absolute Gasteiger partial charge is 0.384 e. The number of nitrogens with zero attached hydrogens (tertiary/aromatic N) is 3. The van der Waals surface area contributed by atoms with Gasteiger partial charge in [-0.2, -0.15) is 0 Å². The molecule has 0 aromatic carbocycles. The van der Waals surface area contributed by atoms with Gasteiger partial charge in [0, 0.05) is 12.7 Å². The highest BCUT2D eigenvalue weighted by atomic mass is 14.9. The summed E-state index contributed by atoms with van der Waals surface area (Å²) in [6, 6.07) is 2.03. The van der Waals surface area contributed by atoms with Gasteiger partial charge in [-0.1, -0.05) is 0 Å². The molecule has 0 atom stereocenters. The Labute approximate surface area is 107 Å². The molecule has 5 heteroatoms. The van der Waals surface area contributed by atoms with E-state index in [2.05, 4.69) is 32.5 Å². The van der Waals surface area contributed by atoms with Gasteiger partial charge < -0.3 is 10.6 Å². The normalized spacial score (nSPS) is 10.1. The highest BCUT2D eigenvalue weighted by Gasteiger charge is 1.98. The van der Waals surface area contributed by atoms with Crippen LogP contribution >= 0.6 is 0 Å². The van der Waals surface area contributed by atoms with E-state index in [1.165, 1.54) is 0 Å². The van der Waals surface area contributed by atoms with Crippen molar-refractivity contribution in [3.63, 3.8) is 0 Å². The van der Waals surface area contributed by atoms with Crippen LogP contribution in [0.2, 0.25) is 0 Å². The maximum absolute atomic E-state index is 4.29. The van der Waals surface area contributed by atoms with Gasteiger partial charge in [0.1, 0.15) is 0 Å². The first kappa shape index (κ1) is 12.3.